The van der Waals surface area contributed by atoms with Gasteiger partial charge in [-0.3, -0.25) is 0 Å². The van der Waals surface area contributed by atoms with Crippen LogP contribution in [-0.2, 0) is 10.0 Å². The van der Waals surface area contributed by atoms with Crippen LogP contribution in [-0.4, -0.2) is 39.0 Å². The molecule has 2 fully saturated rings. The molecule has 0 spiro atoms. The molecule has 1 unspecified atom stereocenters. The third kappa shape index (κ3) is 3.16. The molecule has 1 heterocycles. The predicted molar refractivity (Wildman–Crippen MR) is 60.5 cm³/mol. The Labute approximate surface area is 104 Å². The van der Waals surface area contributed by atoms with Crippen molar-refractivity contribution in [1.29, 1.82) is 0 Å². The Hall–Kier alpha value is -0.340. The smallest absolute Gasteiger partial charge is 0.316 e. The lowest BCUT2D eigenvalue weighted by molar-refractivity contribution is -0.160. The second-order valence-corrected chi connectivity index (χ2v) is 6.94. The lowest BCUT2D eigenvalue weighted by Crippen LogP contribution is -2.49. The fourth-order valence-electron chi connectivity index (χ4n) is 2.28. The van der Waals surface area contributed by atoms with Crippen molar-refractivity contribution in [3.63, 3.8) is 0 Å². The standard InChI is InChI=1S/C10H17F3N2O2S/c11-10(12,13)9(3-4-9)15-18(16,17)7-8-2-1-5-14-6-8/h8,14-15H,1-7H2. The first-order valence-electron chi connectivity index (χ1n) is 6.03. The number of hydrogen-bond donors (Lipinski definition) is 2. The van der Waals surface area contributed by atoms with Crippen molar-refractivity contribution < 1.29 is 21.6 Å². The van der Waals surface area contributed by atoms with Crippen LogP contribution in [0.4, 0.5) is 13.2 Å². The highest BCUT2D eigenvalue weighted by Crippen LogP contribution is 2.49. The minimum atomic E-state index is -4.50. The SMILES string of the molecule is O=S(=O)(CC1CCCNC1)NC1(C(F)(F)F)CC1. The highest BCUT2D eigenvalue weighted by atomic mass is 32.2. The predicted octanol–water partition coefficient (Wildman–Crippen LogP) is 1.00. The molecule has 0 bridgehead atoms. The summed E-state index contributed by atoms with van der Waals surface area (Å²) < 4.78 is 63.4. The number of rotatable bonds is 4. The molecule has 2 N–H and O–H groups in total. The first-order valence-corrected chi connectivity index (χ1v) is 7.68. The van der Waals surface area contributed by atoms with E-state index in [9.17, 15) is 21.6 Å². The number of halogens is 3. The highest BCUT2D eigenvalue weighted by molar-refractivity contribution is 7.89. The van der Waals surface area contributed by atoms with Crippen LogP contribution < -0.4 is 10.0 Å². The average molecular weight is 286 g/mol. The quantitative estimate of drug-likeness (QED) is 0.810. The van der Waals surface area contributed by atoms with E-state index in [1.54, 1.807) is 0 Å². The molecule has 1 aliphatic carbocycles. The zero-order chi connectivity index (χ0) is 13.4. The Bertz CT molecular complexity index is 398. The van der Waals surface area contributed by atoms with Crippen molar-refractivity contribution in [2.45, 2.75) is 37.4 Å². The molecule has 0 radical (unpaired) electrons. The first kappa shape index (κ1) is 14.1. The molecule has 1 saturated heterocycles. The molecule has 1 aliphatic heterocycles. The van der Waals surface area contributed by atoms with Crippen LogP contribution in [0.5, 0.6) is 0 Å². The summed E-state index contributed by atoms with van der Waals surface area (Å²) in [5.74, 6) is -0.321. The molecular formula is C10H17F3N2O2S. The first-order chi connectivity index (χ1) is 8.24. The second-order valence-electron chi connectivity index (χ2n) is 5.18. The Morgan fingerprint density at radius 3 is 2.44 bits per heavy atom. The van der Waals surface area contributed by atoms with Gasteiger partial charge in [0.2, 0.25) is 10.0 Å². The van der Waals surface area contributed by atoms with Gasteiger partial charge in [0.1, 0.15) is 5.54 Å². The topological polar surface area (TPSA) is 58.2 Å². The van der Waals surface area contributed by atoms with Gasteiger partial charge in [0.05, 0.1) is 5.75 Å². The fraction of sp³-hybridized carbons (Fsp3) is 1.00. The van der Waals surface area contributed by atoms with Crippen molar-refractivity contribution in [3.8, 4) is 0 Å². The van der Waals surface area contributed by atoms with E-state index in [0.29, 0.717) is 6.54 Å². The van der Waals surface area contributed by atoms with Gasteiger partial charge in [0.15, 0.2) is 0 Å². The number of alkyl halides is 3. The largest absolute Gasteiger partial charge is 0.407 e. The lowest BCUT2D eigenvalue weighted by atomic mass is 10.0. The van der Waals surface area contributed by atoms with Crippen LogP contribution >= 0.6 is 0 Å². The maximum atomic E-state index is 12.7. The Balaban J connectivity index is 1.95. The molecule has 0 aromatic heterocycles. The van der Waals surface area contributed by atoms with E-state index in [1.807, 2.05) is 4.72 Å². The normalized spacial score (nSPS) is 28.1. The fourth-order valence-corrected chi connectivity index (χ4v) is 4.19. The van der Waals surface area contributed by atoms with Crippen LogP contribution in [0.2, 0.25) is 0 Å². The second kappa shape index (κ2) is 4.64. The summed E-state index contributed by atoms with van der Waals surface area (Å²) in [5, 5.41) is 3.05. The molecule has 4 nitrogen and oxygen atoms in total. The van der Waals surface area contributed by atoms with E-state index >= 15 is 0 Å². The number of sulfonamides is 1. The maximum absolute atomic E-state index is 12.7. The number of nitrogens with one attached hydrogen (secondary N) is 2. The molecule has 0 amide bonds. The van der Waals surface area contributed by atoms with Crippen molar-refractivity contribution in [1.82, 2.24) is 10.0 Å². The third-order valence-electron chi connectivity index (χ3n) is 3.50. The molecule has 1 atom stereocenters. The Morgan fingerprint density at radius 2 is 2.00 bits per heavy atom. The van der Waals surface area contributed by atoms with Crippen molar-refractivity contribution in [2.24, 2.45) is 5.92 Å². The lowest BCUT2D eigenvalue weighted by Gasteiger charge is -2.25. The van der Waals surface area contributed by atoms with E-state index in [0.717, 1.165) is 19.4 Å². The molecule has 0 aromatic carbocycles. The van der Waals surface area contributed by atoms with E-state index in [2.05, 4.69) is 5.32 Å². The zero-order valence-corrected chi connectivity index (χ0v) is 10.7. The summed E-state index contributed by atoms with van der Waals surface area (Å²) in [5.41, 5.74) is -2.19. The van der Waals surface area contributed by atoms with Crippen molar-refractivity contribution in [2.75, 3.05) is 18.8 Å². The minimum Gasteiger partial charge on any atom is -0.316 e. The highest BCUT2D eigenvalue weighted by Gasteiger charge is 2.65. The molecule has 2 aliphatic rings. The van der Waals surface area contributed by atoms with Gasteiger partial charge >= 0.3 is 6.18 Å². The number of piperidine rings is 1. The van der Waals surface area contributed by atoms with Crippen LogP contribution in [0.25, 0.3) is 0 Å². The summed E-state index contributed by atoms with van der Waals surface area (Å²) in [4.78, 5) is 0. The van der Waals surface area contributed by atoms with Gasteiger partial charge in [0.25, 0.3) is 0 Å². The molecule has 1 saturated carbocycles. The third-order valence-corrected chi connectivity index (χ3v) is 5.11. The van der Waals surface area contributed by atoms with E-state index in [4.69, 9.17) is 0 Å². The van der Waals surface area contributed by atoms with Crippen LogP contribution in [0.1, 0.15) is 25.7 Å². The van der Waals surface area contributed by atoms with Crippen molar-refractivity contribution >= 4 is 10.0 Å². The van der Waals surface area contributed by atoms with Gasteiger partial charge < -0.3 is 5.32 Å². The zero-order valence-electron chi connectivity index (χ0n) is 9.89. The molecular weight excluding hydrogens is 269 g/mol. The van der Waals surface area contributed by atoms with Gasteiger partial charge in [0, 0.05) is 0 Å². The molecule has 0 aromatic rings. The minimum absolute atomic E-state index is 0.0970. The van der Waals surface area contributed by atoms with Gasteiger partial charge in [-0.15, -0.1) is 0 Å². The maximum Gasteiger partial charge on any atom is 0.407 e. The molecule has 18 heavy (non-hydrogen) atoms. The van der Waals surface area contributed by atoms with Crippen LogP contribution in [0, 0.1) is 5.92 Å². The van der Waals surface area contributed by atoms with Gasteiger partial charge in [-0.25, -0.2) is 8.42 Å². The van der Waals surface area contributed by atoms with E-state index in [-0.39, 0.29) is 24.5 Å². The molecule has 8 heteroatoms. The summed E-state index contributed by atoms with van der Waals surface area (Å²) in [6.45, 7) is 1.40. The van der Waals surface area contributed by atoms with Gasteiger partial charge in [-0.2, -0.15) is 17.9 Å². The van der Waals surface area contributed by atoms with Crippen LogP contribution in [0.3, 0.4) is 0 Å². The van der Waals surface area contributed by atoms with Gasteiger partial charge in [-0.1, -0.05) is 0 Å². The van der Waals surface area contributed by atoms with Crippen LogP contribution in [0.15, 0.2) is 0 Å². The Kier molecular flexibility index (Phi) is 3.63. The summed E-state index contributed by atoms with van der Waals surface area (Å²) in [6, 6.07) is 0. The molecule has 2 rings (SSSR count). The van der Waals surface area contributed by atoms with Gasteiger partial charge in [-0.05, 0) is 44.7 Å². The summed E-state index contributed by atoms with van der Waals surface area (Å²) in [6.07, 6.45) is -3.19. The number of hydrogen-bond acceptors (Lipinski definition) is 3. The average Bonchev–Trinajstić information content (AvgIpc) is 2.97. The van der Waals surface area contributed by atoms with E-state index < -0.39 is 21.7 Å². The summed E-state index contributed by atoms with van der Waals surface area (Å²) in [7, 11) is -3.87. The molecule has 106 valence electrons. The monoisotopic (exact) mass is 286 g/mol. The summed E-state index contributed by atoms with van der Waals surface area (Å²) >= 11 is 0. The Morgan fingerprint density at radius 1 is 1.33 bits per heavy atom. The van der Waals surface area contributed by atoms with Crippen molar-refractivity contribution in [3.05, 3.63) is 0 Å². The van der Waals surface area contributed by atoms with E-state index in [1.165, 1.54) is 0 Å².